The molecule has 0 aliphatic heterocycles. The van der Waals surface area contributed by atoms with E-state index >= 15 is 0 Å². The standard InChI is InChI=1S/C91H122N2/c1(2-12-30-68-48-56-82(57-49-68)92(84-60-52-74(53-61-84)70-32-14-4-15-33-70)90-86(76-40-22-8-23-41-76)64-80(72-36-18-6-19-37-72)65-87(90)77-42-24-9-25-43-77)3-13-31-69-50-58-83(59-51-69)93(85-62-54-75(55-63-85)71-34-16-5-17-35-71)91-88(78-44-26-10-27-45-78)66-81(73-38-20-7-21-39-73)67-89(91)79-46-28-11-29-47-79/h48-67,70-73,76-79H,1-47H2. The van der Waals surface area contributed by atoms with E-state index in [-0.39, 0.29) is 0 Å². The Bertz CT molecular complexity index is 2910. The first kappa shape index (κ1) is 65.2. The van der Waals surface area contributed by atoms with Gasteiger partial charge in [-0.05, 0) is 280 Å². The topological polar surface area (TPSA) is 6.48 Å². The van der Waals surface area contributed by atoms with Gasteiger partial charge in [-0.2, -0.15) is 0 Å². The van der Waals surface area contributed by atoms with Crippen LogP contribution in [-0.4, -0.2) is 0 Å². The van der Waals surface area contributed by atoms with E-state index in [0.29, 0.717) is 23.7 Å². The van der Waals surface area contributed by atoms with Crippen molar-refractivity contribution in [3.05, 3.63) is 177 Å². The molecule has 6 aromatic carbocycles. The predicted octanol–water partition coefficient (Wildman–Crippen LogP) is 28.7. The largest absolute Gasteiger partial charge is 0.310 e. The number of nitrogens with zero attached hydrogens (tertiary/aromatic N) is 2. The zero-order chi connectivity index (χ0) is 62.4. The fourth-order valence-electron chi connectivity index (χ4n) is 20.5. The van der Waals surface area contributed by atoms with Crippen LogP contribution >= 0.6 is 0 Å². The Morgan fingerprint density at radius 3 is 0.656 bits per heavy atom. The number of benzene rings is 6. The maximum Gasteiger partial charge on any atom is 0.0531 e. The molecule has 0 spiro atoms. The summed E-state index contributed by atoms with van der Waals surface area (Å²) in [5.41, 5.74) is 25.0. The lowest BCUT2D eigenvalue weighted by Gasteiger charge is -2.37. The summed E-state index contributed by atoms with van der Waals surface area (Å²) in [6.45, 7) is 0. The van der Waals surface area contributed by atoms with Gasteiger partial charge in [-0.3, -0.25) is 0 Å². The lowest BCUT2D eigenvalue weighted by molar-refractivity contribution is 0.428. The first-order valence-electron chi connectivity index (χ1n) is 40.5. The third kappa shape index (κ3) is 16.2. The molecule has 6 aromatic rings. The molecule has 8 aliphatic rings. The van der Waals surface area contributed by atoms with Gasteiger partial charge in [-0.25, -0.2) is 0 Å². The molecule has 2 heteroatoms. The molecule has 0 atom stereocenters. The molecule has 8 fully saturated rings. The minimum Gasteiger partial charge on any atom is -0.310 e. The Kier molecular flexibility index (Phi) is 23.0. The highest BCUT2D eigenvalue weighted by atomic mass is 15.2. The summed E-state index contributed by atoms with van der Waals surface area (Å²) in [5.74, 6) is 5.50. The summed E-state index contributed by atoms with van der Waals surface area (Å²) in [7, 11) is 0. The summed E-state index contributed by atoms with van der Waals surface area (Å²) < 4.78 is 0. The van der Waals surface area contributed by atoms with Gasteiger partial charge in [-0.1, -0.05) is 246 Å². The van der Waals surface area contributed by atoms with E-state index in [4.69, 9.17) is 0 Å². The number of hydrogen-bond acceptors (Lipinski definition) is 2. The minimum atomic E-state index is 0.650. The third-order valence-corrected chi connectivity index (χ3v) is 25.9. The van der Waals surface area contributed by atoms with E-state index in [0.717, 1.165) is 23.7 Å². The van der Waals surface area contributed by atoms with Crippen LogP contribution < -0.4 is 9.80 Å². The fraction of sp³-hybridized carbons (Fsp3) is 0.604. The highest BCUT2D eigenvalue weighted by Crippen LogP contribution is 2.54. The van der Waals surface area contributed by atoms with Crippen molar-refractivity contribution in [2.75, 3.05) is 9.80 Å². The predicted molar refractivity (Wildman–Crippen MR) is 399 cm³/mol. The van der Waals surface area contributed by atoms with Gasteiger partial charge in [0.2, 0.25) is 0 Å². The van der Waals surface area contributed by atoms with Crippen LogP contribution in [0.3, 0.4) is 0 Å². The van der Waals surface area contributed by atoms with Crippen molar-refractivity contribution < 1.29 is 0 Å². The van der Waals surface area contributed by atoms with Crippen LogP contribution in [0.1, 0.15) is 392 Å². The first-order valence-corrected chi connectivity index (χ1v) is 40.5. The minimum absolute atomic E-state index is 0.650. The van der Waals surface area contributed by atoms with E-state index in [9.17, 15) is 0 Å². The van der Waals surface area contributed by atoms with Gasteiger partial charge >= 0.3 is 0 Å². The summed E-state index contributed by atoms with van der Waals surface area (Å²) in [4.78, 5) is 5.62. The number of anilines is 6. The average molecular weight is 1240 g/mol. The van der Waals surface area contributed by atoms with Crippen molar-refractivity contribution in [2.45, 2.75) is 349 Å². The molecule has 0 radical (unpaired) electrons. The number of hydrogen-bond donors (Lipinski definition) is 0. The molecule has 14 rings (SSSR count). The van der Waals surface area contributed by atoms with E-state index in [1.54, 1.807) is 55.9 Å². The maximum absolute atomic E-state index is 2.81. The molecule has 0 amide bonds. The fourth-order valence-corrected chi connectivity index (χ4v) is 20.5. The average Bonchev–Trinajstić information content (AvgIpc) is 0.945. The Morgan fingerprint density at radius 1 is 0.204 bits per heavy atom. The molecule has 0 heterocycles. The highest BCUT2D eigenvalue weighted by molar-refractivity contribution is 5.84. The molecule has 0 unspecified atom stereocenters. The quantitative estimate of drug-likeness (QED) is 0.0625. The van der Waals surface area contributed by atoms with Gasteiger partial charge in [0.1, 0.15) is 0 Å². The molecule has 8 aliphatic carbocycles. The van der Waals surface area contributed by atoms with Gasteiger partial charge in [0.05, 0.1) is 11.4 Å². The van der Waals surface area contributed by atoms with Crippen molar-refractivity contribution in [2.24, 2.45) is 0 Å². The van der Waals surface area contributed by atoms with Crippen molar-refractivity contribution in [1.29, 1.82) is 0 Å². The van der Waals surface area contributed by atoms with Crippen LogP contribution in [0, 0.1) is 0 Å². The van der Waals surface area contributed by atoms with Gasteiger partial charge < -0.3 is 9.80 Å². The SMILES string of the molecule is c1cc(N(c2ccc(C3CCCCC3)cc2)c2c(C3CCCCC3)cc(C3CCCCC3)cc2C2CCCCC2)ccc1CCCCCCCc1ccc(N(c2ccc(C3CCCCC3)cc2)c2c(C3CCCCC3)cc(C3CCCCC3)cc2C2CCCCC2)cc1. The molecular formula is C91H122N2. The molecule has 2 nitrogen and oxygen atoms in total. The van der Waals surface area contributed by atoms with E-state index in [1.165, 1.54) is 336 Å². The van der Waals surface area contributed by atoms with E-state index in [2.05, 4.69) is 131 Å². The van der Waals surface area contributed by atoms with Crippen molar-refractivity contribution in [3.63, 3.8) is 0 Å². The first-order chi connectivity index (χ1) is 46.1. The lowest BCUT2D eigenvalue weighted by Crippen LogP contribution is -2.20. The van der Waals surface area contributed by atoms with E-state index in [1.807, 2.05) is 0 Å². The summed E-state index contributed by atoms with van der Waals surface area (Å²) >= 11 is 0. The summed E-state index contributed by atoms with van der Waals surface area (Å²) in [6, 6.07) is 51.8. The normalized spacial score (nSPS) is 21.1. The van der Waals surface area contributed by atoms with Crippen LogP contribution in [0.25, 0.3) is 0 Å². The molecule has 0 N–H and O–H groups in total. The molecule has 0 saturated heterocycles. The van der Waals surface area contributed by atoms with Crippen molar-refractivity contribution in [3.8, 4) is 0 Å². The van der Waals surface area contributed by atoms with Crippen molar-refractivity contribution in [1.82, 2.24) is 0 Å². The molecular weight excluding hydrogens is 1120 g/mol. The van der Waals surface area contributed by atoms with Crippen LogP contribution in [0.2, 0.25) is 0 Å². The molecule has 0 aromatic heterocycles. The Labute approximate surface area is 566 Å². The van der Waals surface area contributed by atoms with Crippen LogP contribution in [0.5, 0.6) is 0 Å². The highest BCUT2D eigenvalue weighted by Gasteiger charge is 2.35. The Hall–Kier alpha value is -5.08. The van der Waals surface area contributed by atoms with Crippen LogP contribution in [-0.2, 0) is 12.8 Å². The zero-order valence-electron chi connectivity index (χ0n) is 58.3. The maximum atomic E-state index is 2.81. The number of unbranched alkanes of at least 4 members (excludes halogenated alkanes) is 4. The monoisotopic (exact) mass is 1240 g/mol. The molecule has 0 bridgehead atoms. The third-order valence-electron chi connectivity index (χ3n) is 25.9. The van der Waals surface area contributed by atoms with Crippen molar-refractivity contribution >= 4 is 34.1 Å². The van der Waals surface area contributed by atoms with Gasteiger partial charge in [0.25, 0.3) is 0 Å². The Morgan fingerprint density at radius 2 is 0.409 bits per heavy atom. The summed E-state index contributed by atoms with van der Waals surface area (Å²) in [6.07, 6.45) is 64.0. The second kappa shape index (κ2) is 32.8. The molecule has 93 heavy (non-hydrogen) atoms. The Balaban J connectivity index is 0.680. The molecule has 8 saturated carbocycles. The van der Waals surface area contributed by atoms with Gasteiger partial charge in [-0.15, -0.1) is 0 Å². The zero-order valence-corrected chi connectivity index (χ0v) is 58.3. The number of rotatable bonds is 22. The van der Waals surface area contributed by atoms with Crippen LogP contribution in [0.15, 0.2) is 121 Å². The van der Waals surface area contributed by atoms with Gasteiger partial charge in [0, 0.05) is 22.7 Å². The van der Waals surface area contributed by atoms with Gasteiger partial charge in [0.15, 0.2) is 0 Å². The van der Waals surface area contributed by atoms with E-state index < -0.39 is 0 Å². The number of aryl methyl sites for hydroxylation is 2. The lowest BCUT2D eigenvalue weighted by atomic mass is 9.74. The second-order valence-corrected chi connectivity index (χ2v) is 32.2. The summed E-state index contributed by atoms with van der Waals surface area (Å²) in [5, 5.41) is 0. The molecule has 496 valence electrons. The van der Waals surface area contributed by atoms with Crippen LogP contribution in [0.4, 0.5) is 34.1 Å². The second-order valence-electron chi connectivity index (χ2n) is 32.2. The smallest absolute Gasteiger partial charge is 0.0531 e.